The molecule has 0 radical (unpaired) electrons. The highest BCUT2D eigenvalue weighted by Gasteiger charge is 2.28. The Bertz CT molecular complexity index is 457. The van der Waals surface area contributed by atoms with E-state index in [4.69, 9.17) is 10.8 Å². The monoisotopic (exact) mass is 307 g/mol. The number of rotatable bonds is 6. The summed E-state index contributed by atoms with van der Waals surface area (Å²) >= 11 is 0. The second kappa shape index (κ2) is 7.00. The number of nitrogens with two attached hydrogens (primary N) is 1. The lowest BCUT2D eigenvalue weighted by atomic mass is 10.1. The number of sulfonamides is 1. The first kappa shape index (κ1) is 16.9. The molecule has 1 rings (SSSR count). The molecule has 20 heavy (non-hydrogen) atoms. The fourth-order valence-corrected chi connectivity index (χ4v) is 3.18. The Balaban J connectivity index is 2.43. The first-order valence-corrected chi connectivity index (χ1v) is 8.12. The zero-order valence-corrected chi connectivity index (χ0v) is 12.2. The predicted octanol–water partition coefficient (Wildman–Crippen LogP) is -1.28. The average molecular weight is 307 g/mol. The second-order valence-electron chi connectivity index (χ2n) is 4.79. The lowest BCUT2D eigenvalue weighted by Crippen LogP contribution is -2.51. The highest BCUT2D eigenvalue weighted by Crippen LogP contribution is 2.14. The van der Waals surface area contributed by atoms with Crippen LogP contribution in [0.3, 0.4) is 0 Å². The van der Waals surface area contributed by atoms with Crippen LogP contribution < -0.4 is 11.1 Å². The van der Waals surface area contributed by atoms with Gasteiger partial charge in [0, 0.05) is 19.1 Å². The first-order chi connectivity index (χ1) is 9.26. The zero-order valence-electron chi connectivity index (χ0n) is 11.4. The van der Waals surface area contributed by atoms with E-state index in [9.17, 15) is 18.0 Å². The molecule has 0 saturated carbocycles. The van der Waals surface area contributed by atoms with Gasteiger partial charge in [-0.3, -0.25) is 9.59 Å². The Kier molecular flexibility index (Phi) is 5.90. The third-order valence-electron chi connectivity index (χ3n) is 3.29. The summed E-state index contributed by atoms with van der Waals surface area (Å²) in [4.78, 5) is 22.1. The van der Waals surface area contributed by atoms with Gasteiger partial charge in [-0.15, -0.1) is 0 Å². The number of carboxylic acid groups (broad SMARTS) is 1. The van der Waals surface area contributed by atoms with Crippen LogP contribution in [0.2, 0.25) is 0 Å². The molecule has 1 saturated heterocycles. The van der Waals surface area contributed by atoms with Crippen molar-refractivity contribution in [3.8, 4) is 0 Å². The number of piperidine rings is 1. The summed E-state index contributed by atoms with van der Waals surface area (Å²) in [6, 6.07) is -1.24. The van der Waals surface area contributed by atoms with Crippen molar-refractivity contribution < 1.29 is 23.1 Å². The zero-order chi connectivity index (χ0) is 15.3. The van der Waals surface area contributed by atoms with Crippen molar-refractivity contribution in [2.24, 2.45) is 5.73 Å². The molecule has 116 valence electrons. The summed E-state index contributed by atoms with van der Waals surface area (Å²) in [5.74, 6) is -1.58. The van der Waals surface area contributed by atoms with Crippen LogP contribution in [0.15, 0.2) is 0 Å². The van der Waals surface area contributed by atoms with Crippen LogP contribution >= 0.6 is 0 Å². The van der Waals surface area contributed by atoms with Crippen molar-refractivity contribution in [3.05, 3.63) is 0 Å². The Labute approximate surface area is 118 Å². The third-order valence-corrected chi connectivity index (χ3v) is 5.17. The molecule has 1 unspecified atom stereocenters. The molecule has 0 aromatic carbocycles. The summed E-state index contributed by atoms with van der Waals surface area (Å²) < 4.78 is 24.7. The molecule has 0 aromatic rings. The minimum Gasteiger partial charge on any atom is -0.481 e. The van der Waals surface area contributed by atoms with E-state index >= 15 is 0 Å². The smallest absolute Gasteiger partial charge is 0.305 e. The van der Waals surface area contributed by atoms with Crippen LogP contribution in [0.5, 0.6) is 0 Å². The molecule has 0 bridgehead atoms. The van der Waals surface area contributed by atoms with Crippen molar-refractivity contribution in [2.45, 2.75) is 38.3 Å². The van der Waals surface area contributed by atoms with E-state index in [1.807, 2.05) is 0 Å². The van der Waals surface area contributed by atoms with Gasteiger partial charge >= 0.3 is 5.97 Å². The minimum atomic E-state index is -3.19. The molecule has 4 N–H and O–H groups in total. The summed E-state index contributed by atoms with van der Waals surface area (Å²) in [6.07, 6.45) is 0.588. The first-order valence-electron chi connectivity index (χ1n) is 6.51. The summed E-state index contributed by atoms with van der Waals surface area (Å²) in [6.45, 7) is 2.30. The topological polar surface area (TPSA) is 130 Å². The number of carbonyl (C=O) groups is 2. The molecule has 0 aromatic heterocycles. The fourth-order valence-electron chi connectivity index (χ4n) is 2.05. The van der Waals surface area contributed by atoms with Crippen molar-refractivity contribution >= 4 is 21.9 Å². The van der Waals surface area contributed by atoms with Crippen LogP contribution in [0.25, 0.3) is 0 Å². The van der Waals surface area contributed by atoms with Gasteiger partial charge in [0.15, 0.2) is 0 Å². The molecule has 1 atom stereocenters. The van der Waals surface area contributed by atoms with E-state index in [0.29, 0.717) is 25.9 Å². The standard InChI is InChI=1S/C11H21N3O5S/c1-2-20(18,19)14-5-3-8(4-6-14)13-11(17)9(12)7-10(15)16/h8-9H,2-7,12H2,1H3,(H,13,17)(H,15,16). The van der Waals surface area contributed by atoms with Gasteiger partial charge in [0.25, 0.3) is 0 Å². The minimum absolute atomic E-state index is 0.0630. The van der Waals surface area contributed by atoms with Crippen LogP contribution in [-0.4, -0.2) is 60.6 Å². The Morgan fingerprint density at radius 3 is 2.40 bits per heavy atom. The van der Waals surface area contributed by atoms with Gasteiger partial charge in [-0.05, 0) is 19.8 Å². The predicted molar refractivity (Wildman–Crippen MR) is 72.4 cm³/mol. The number of carboxylic acids is 1. The van der Waals surface area contributed by atoms with Crippen LogP contribution in [0.1, 0.15) is 26.2 Å². The van der Waals surface area contributed by atoms with Crippen molar-refractivity contribution in [3.63, 3.8) is 0 Å². The highest BCUT2D eigenvalue weighted by atomic mass is 32.2. The van der Waals surface area contributed by atoms with Gasteiger partial charge in [-0.25, -0.2) is 12.7 Å². The Morgan fingerprint density at radius 1 is 1.40 bits per heavy atom. The highest BCUT2D eigenvalue weighted by molar-refractivity contribution is 7.89. The van der Waals surface area contributed by atoms with Gasteiger partial charge in [0.05, 0.1) is 18.2 Å². The van der Waals surface area contributed by atoms with E-state index in [2.05, 4.69) is 5.32 Å². The maximum absolute atomic E-state index is 11.7. The van der Waals surface area contributed by atoms with Gasteiger partial charge in [0.2, 0.25) is 15.9 Å². The van der Waals surface area contributed by atoms with Crippen LogP contribution in [-0.2, 0) is 19.6 Å². The molecule has 8 nitrogen and oxygen atoms in total. The molecule has 1 aliphatic rings. The molecule has 0 aliphatic carbocycles. The molecular formula is C11H21N3O5S. The summed E-state index contributed by atoms with van der Waals surface area (Å²) in [5, 5.41) is 11.2. The number of amides is 1. The van der Waals surface area contributed by atoms with E-state index in [-0.39, 0.29) is 11.8 Å². The maximum Gasteiger partial charge on any atom is 0.305 e. The third kappa shape index (κ3) is 4.73. The lowest BCUT2D eigenvalue weighted by molar-refractivity contribution is -0.139. The van der Waals surface area contributed by atoms with E-state index in [1.54, 1.807) is 6.92 Å². The molecular weight excluding hydrogens is 286 g/mol. The van der Waals surface area contributed by atoms with E-state index < -0.39 is 34.4 Å². The molecule has 9 heteroatoms. The fraction of sp³-hybridized carbons (Fsp3) is 0.818. The maximum atomic E-state index is 11.7. The number of nitrogens with zero attached hydrogens (tertiary/aromatic N) is 1. The van der Waals surface area contributed by atoms with Crippen molar-refractivity contribution in [2.75, 3.05) is 18.8 Å². The normalized spacial score (nSPS) is 19.5. The SMILES string of the molecule is CCS(=O)(=O)N1CCC(NC(=O)C(N)CC(=O)O)CC1. The number of nitrogens with one attached hydrogen (secondary N) is 1. The largest absolute Gasteiger partial charge is 0.481 e. The van der Waals surface area contributed by atoms with Crippen molar-refractivity contribution in [1.29, 1.82) is 0 Å². The summed E-state index contributed by atoms with van der Waals surface area (Å²) in [5.41, 5.74) is 5.45. The number of hydrogen-bond acceptors (Lipinski definition) is 5. The van der Waals surface area contributed by atoms with Gasteiger partial charge in [-0.2, -0.15) is 0 Å². The Morgan fingerprint density at radius 2 is 1.95 bits per heavy atom. The van der Waals surface area contributed by atoms with Crippen LogP contribution in [0.4, 0.5) is 0 Å². The molecule has 1 heterocycles. The number of aliphatic carboxylic acids is 1. The van der Waals surface area contributed by atoms with Gasteiger partial charge in [0.1, 0.15) is 0 Å². The average Bonchev–Trinajstić information content (AvgIpc) is 2.38. The Hall–Kier alpha value is -1.19. The molecule has 1 amide bonds. The molecule has 1 fully saturated rings. The van der Waals surface area contributed by atoms with Gasteiger partial charge < -0.3 is 16.2 Å². The number of carbonyl (C=O) groups excluding carboxylic acids is 1. The van der Waals surface area contributed by atoms with Crippen LogP contribution in [0, 0.1) is 0 Å². The summed E-state index contributed by atoms with van der Waals surface area (Å²) in [7, 11) is -3.19. The molecule has 1 aliphatic heterocycles. The quantitative estimate of drug-likeness (QED) is 0.560. The van der Waals surface area contributed by atoms with E-state index in [0.717, 1.165) is 0 Å². The molecule has 0 spiro atoms. The number of hydrogen-bond donors (Lipinski definition) is 3. The van der Waals surface area contributed by atoms with Crippen molar-refractivity contribution in [1.82, 2.24) is 9.62 Å². The second-order valence-corrected chi connectivity index (χ2v) is 7.04. The van der Waals surface area contributed by atoms with E-state index in [1.165, 1.54) is 4.31 Å². The van der Waals surface area contributed by atoms with Gasteiger partial charge in [-0.1, -0.05) is 0 Å². The lowest BCUT2D eigenvalue weighted by Gasteiger charge is -2.31.